The van der Waals surface area contributed by atoms with E-state index in [4.69, 9.17) is 4.74 Å². The second kappa shape index (κ2) is 20.4. The van der Waals surface area contributed by atoms with E-state index in [0.29, 0.717) is 18.0 Å². The van der Waals surface area contributed by atoms with Crippen molar-refractivity contribution in [2.75, 3.05) is 27.2 Å². The lowest BCUT2D eigenvalue weighted by Crippen LogP contribution is -2.57. The molecule has 0 radical (unpaired) electrons. The third kappa shape index (κ3) is 12.4. The zero-order valence-corrected chi connectivity index (χ0v) is 32.7. The highest BCUT2D eigenvalue weighted by Crippen LogP contribution is 2.31. The van der Waals surface area contributed by atoms with Gasteiger partial charge in [-0.25, -0.2) is 4.98 Å². The Morgan fingerprint density at radius 2 is 1.73 bits per heavy atom. The lowest BCUT2D eigenvalue weighted by Gasteiger charge is -2.37. The molecule has 0 saturated carbocycles. The average Bonchev–Trinajstić information content (AvgIpc) is 3.59. The first-order chi connectivity index (χ1) is 24.6. The minimum absolute atomic E-state index is 0.0552. The van der Waals surface area contributed by atoms with Crippen molar-refractivity contribution in [1.82, 2.24) is 30.7 Å². The molecule has 3 rings (SSSR count). The summed E-state index contributed by atoms with van der Waals surface area (Å²) in [5.41, 5.74) is 1.06. The number of carboxylic acid groups (broad SMARTS) is 1. The van der Waals surface area contributed by atoms with Gasteiger partial charge in [-0.05, 0) is 63.2 Å². The van der Waals surface area contributed by atoms with Gasteiger partial charge in [0.05, 0.1) is 6.04 Å². The Kier molecular flexibility index (Phi) is 16.7. The second-order valence-corrected chi connectivity index (χ2v) is 15.3. The van der Waals surface area contributed by atoms with E-state index in [-0.39, 0.29) is 48.2 Å². The van der Waals surface area contributed by atoms with Gasteiger partial charge in [0.25, 0.3) is 5.91 Å². The number of carbonyl (C=O) groups excluding carboxylic acids is 4. The summed E-state index contributed by atoms with van der Waals surface area (Å²) in [7, 11) is 3.64. The Labute approximate surface area is 312 Å². The molecular weight excluding hydrogens is 685 g/mol. The monoisotopic (exact) mass is 742 g/mol. The third-order valence-electron chi connectivity index (χ3n) is 9.64. The van der Waals surface area contributed by atoms with Crippen LogP contribution in [-0.4, -0.2) is 107 Å². The number of carboxylic acids is 1. The van der Waals surface area contributed by atoms with Crippen molar-refractivity contribution in [3.63, 3.8) is 0 Å². The van der Waals surface area contributed by atoms with Gasteiger partial charge < -0.3 is 30.7 Å². The first kappa shape index (κ1) is 42.5. The zero-order chi connectivity index (χ0) is 38.5. The van der Waals surface area contributed by atoms with E-state index in [1.54, 1.807) is 17.3 Å². The highest BCUT2D eigenvalue weighted by atomic mass is 32.1. The number of nitrogens with zero attached hydrogens (tertiary/aromatic N) is 3. The first-order valence-corrected chi connectivity index (χ1v) is 19.2. The summed E-state index contributed by atoms with van der Waals surface area (Å²) in [6.45, 7) is 12.2. The maximum atomic E-state index is 14.0. The van der Waals surface area contributed by atoms with E-state index >= 15 is 0 Å². The van der Waals surface area contributed by atoms with Gasteiger partial charge in [0.2, 0.25) is 11.8 Å². The number of piperidine rings is 1. The molecule has 1 aromatic heterocycles. The molecule has 1 aromatic carbocycles. The fourth-order valence-electron chi connectivity index (χ4n) is 6.74. The molecule has 3 amide bonds. The summed E-state index contributed by atoms with van der Waals surface area (Å²) in [5.74, 6) is -2.62. The Morgan fingerprint density at radius 1 is 1.04 bits per heavy atom. The summed E-state index contributed by atoms with van der Waals surface area (Å²) in [6, 6.07) is 6.72. The van der Waals surface area contributed by atoms with Crippen molar-refractivity contribution in [1.29, 1.82) is 0 Å². The van der Waals surface area contributed by atoms with Crippen molar-refractivity contribution in [3.05, 3.63) is 52.0 Å². The van der Waals surface area contributed by atoms with Gasteiger partial charge in [-0.2, -0.15) is 0 Å². The molecule has 6 atom stereocenters. The summed E-state index contributed by atoms with van der Waals surface area (Å²) in [6.07, 6.45) is 2.70. The molecule has 0 aliphatic carbocycles. The van der Waals surface area contributed by atoms with Gasteiger partial charge in [-0.3, -0.25) is 28.9 Å². The highest BCUT2D eigenvalue weighted by Gasteiger charge is 2.37. The van der Waals surface area contributed by atoms with Crippen LogP contribution in [0.4, 0.5) is 0 Å². The van der Waals surface area contributed by atoms with E-state index in [0.717, 1.165) is 31.4 Å². The Balaban J connectivity index is 1.81. The smallest absolute Gasteiger partial charge is 0.320 e. The molecule has 13 nitrogen and oxygen atoms in total. The van der Waals surface area contributed by atoms with Crippen molar-refractivity contribution in [2.24, 2.45) is 11.8 Å². The van der Waals surface area contributed by atoms with Crippen LogP contribution in [0.25, 0.3) is 0 Å². The van der Waals surface area contributed by atoms with Gasteiger partial charge in [-0.15, -0.1) is 11.3 Å². The number of likely N-dealkylation sites (tertiary alicyclic amines) is 1. The standard InChI is InChI=1S/C38H58N6O7S/c1-9-39-28(38(49)50)20-27(19-26-15-11-10-12-16-26)40-34(46)29-22-52-36(41-29)32(51-25(6)45)21-31(23(2)3)44(8)37(48)33(24(4)5)42-35(47)30-17-13-14-18-43(30)7/h10-12,15-16,22-24,27-28,30-33,39H,9,13-14,17-21H2,1-8H3,(H,40,46)(H,42,47)(H,49,50)/t27?,28-,30?,31?,32?,33?/m0/s1. The van der Waals surface area contributed by atoms with Crippen LogP contribution in [0.1, 0.15) is 101 Å². The number of nitrogens with one attached hydrogen (secondary N) is 3. The van der Waals surface area contributed by atoms with Crippen molar-refractivity contribution >= 4 is 41.0 Å². The van der Waals surface area contributed by atoms with Crippen molar-refractivity contribution in [2.45, 2.75) is 116 Å². The molecule has 52 heavy (non-hydrogen) atoms. The number of esters is 1. The Hall–Kier alpha value is -3.88. The molecule has 4 N–H and O–H groups in total. The number of benzene rings is 1. The first-order valence-electron chi connectivity index (χ1n) is 18.3. The molecule has 288 valence electrons. The maximum absolute atomic E-state index is 14.0. The van der Waals surface area contributed by atoms with Crippen LogP contribution in [-0.2, 0) is 30.3 Å². The predicted octanol–water partition coefficient (Wildman–Crippen LogP) is 4.04. The minimum Gasteiger partial charge on any atom is -0.480 e. The molecule has 2 aromatic rings. The van der Waals surface area contributed by atoms with Crippen molar-refractivity contribution in [3.8, 4) is 0 Å². The van der Waals surface area contributed by atoms with E-state index in [1.165, 1.54) is 18.3 Å². The summed E-state index contributed by atoms with van der Waals surface area (Å²) >= 11 is 1.17. The highest BCUT2D eigenvalue weighted by molar-refractivity contribution is 7.09. The van der Waals surface area contributed by atoms with E-state index in [1.807, 2.05) is 76.9 Å². The largest absolute Gasteiger partial charge is 0.480 e. The van der Waals surface area contributed by atoms with E-state index in [9.17, 15) is 29.1 Å². The lowest BCUT2D eigenvalue weighted by atomic mass is 9.94. The fraction of sp³-hybridized carbons (Fsp3) is 0.632. The predicted molar refractivity (Wildman–Crippen MR) is 201 cm³/mol. The molecule has 0 spiro atoms. The van der Waals surface area contributed by atoms with Crippen LogP contribution < -0.4 is 16.0 Å². The molecule has 1 saturated heterocycles. The van der Waals surface area contributed by atoms with Crippen molar-refractivity contribution < 1.29 is 33.8 Å². The summed E-state index contributed by atoms with van der Waals surface area (Å²) in [5, 5.41) is 20.7. The molecule has 14 heteroatoms. The number of aliphatic carboxylic acids is 1. The van der Waals surface area contributed by atoms with Crippen LogP contribution in [0.2, 0.25) is 0 Å². The number of hydrogen-bond donors (Lipinski definition) is 4. The number of rotatable bonds is 19. The molecular formula is C38H58N6O7S. The molecule has 5 unspecified atom stereocenters. The maximum Gasteiger partial charge on any atom is 0.320 e. The van der Waals surface area contributed by atoms with Crippen LogP contribution in [0, 0.1) is 11.8 Å². The molecule has 1 aliphatic heterocycles. The topological polar surface area (TPSA) is 170 Å². The van der Waals surface area contributed by atoms with E-state index in [2.05, 4.69) is 20.9 Å². The number of carbonyl (C=O) groups is 5. The van der Waals surface area contributed by atoms with Crippen LogP contribution >= 0.6 is 11.3 Å². The molecule has 0 bridgehead atoms. The second-order valence-electron chi connectivity index (χ2n) is 14.4. The van der Waals surface area contributed by atoms with Crippen LogP contribution in [0.15, 0.2) is 35.7 Å². The lowest BCUT2D eigenvalue weighted by molar-refractivity contribution is -0.149. The molecule has 2 heterocycles. The number of ether oxygens (including phenoxy) is 1. The van der Waals surface area contributed by atoms with Gasteiger partial charge in [0, 0.05) is 37.9 Å². The number of likely N-dealkylation sites (N-methyl/N-ethyl adjacent to an activating group) is 3. The molecule has 1 fully saturated rings. The van der Waals surface area contributed by atoms with Gasteiger partial charge in [0.1, 0.15) is 22.8 Å². The minimum atomic E-state index is -1.00. The summed E-state index contributed by atoms with van der Waals surface area (Å²) in [4.78, 5) is 73.5. The molecule has 1 aliphatic rings. The number of thiazole rings is 1. The number of aromatic nitrogens is 1. The Morgan fingerprint density at radius 3 is 2.31 bits per heavy atom. The van der Waals surface area contributed by atoms with Gasteiger partial charge in [-0.1, -0.05) is 71.4 Å². The zero-order valence-electron chi connectivity index (χ0n) is 31.9. The van der Waals surface area contributed by atoms with E-state index < -0.39 is 48.1 Å². The van der Waals surface area contributed by atoms with Gasteiger partial charge >= 0.3 is 11.9 Å². The average molecular weight is 743 g/mol. The fourth-order valence-corrected chi connectivity index (χ4v) is 7.58. The quantitative estimate of drug-likeness (QED) is 0.154. The third-order valence-corrected chi connectivity index (χ3v) is 10.6. The number of amides is 3. The van der Waals surface area contributed by atoms with Crippen LogP contribution in [0.3, 0.4) is 0 Å². The normalized spacial score (nSPS) is 17.8. The number of hydrogen-bond acceptors (Lipinski definition) is 10. The summed E-state index contributed by atoms with van der Waals surface area (Å²) < 4.78 is 5.76. The Bertz CT molecular complexity index is 1490. The SMILES string of the molecule is CCN[C@@H](CC(Cc1ccccc1)NC(=O)c1csc(C(CC(C(C)C)N(C)C(=O)C(NC(=O)C2CCCCN2C)C(C)C)OC(C)=O)n1)C(=O)O. The van der Waals surface area contributed by atoms with Crippen LogP contribution in [0.5, 0.6) is 0 Å². The van der Waals surface area contributed by atoms with Gasteiger partial charge in [0.15, 0.2) is 6.10 Å².